The van der Waals surface area contributed by atoms with E-state index in [1.165, 1.54) is 12.8 Å². The van der Waals surface area contributed by atoms with Crippen LogP contribution in [0.25, 0.3) is 0 Å². The molecule has 0 aromatic rings. The van der Waals surface area contributed by atoms with Crippen molar-refractivity contribution in [3.05, 3.63) is 13.8 Å². The van der Waals surface area contributed by atoms with Crippen molar-refractivity contribution in [2.45, 2.75) is 39.5 Å². The van der Waals surface area contributed by atoms with Crippen LogP contribution in [0.1, 0.15) is 39.5 Å². The summed E-state index contributed by atoms with van der Waals surface area (Å²) in [6.07, 6.45) is 4.56. The molecule has 0 radical (unpaired) electrons. The molecule has 0 N–H and O–H groups in total. The van der Waals surface area contributed by atoms with E-state index >= 15 is 0 Å². The Morgan fingerprint density at radius 1 is 0.889 bits per heavy atom. The van der Waals surface area contributed by atoms with Crippen molar-refractivity contribution in [3.63, 3.8) is 0 Å². The Kier molecular flexibility index (Phi) is 42.4. The van der Waals surface area contributed by atoms with Crippen LogP contribution >= 0.6 is 0 Å². The van der Waals surface area contributed by atoms with Gasteiger partial charge in [0.2, 0.25) is 0 Å². The molecule has 0 aromatic heterocycles. The van der Waals surface area contributed by atoms with Gasteiger partial charge in [-0.2, -0.15) is 12.8 Å². The monoisotopic (exact) mass is 309 g/mol. The van der Waals surface area contributed by atoms with E-state index in [2.05, 4.69) is 27.7 Å². The zero-order chi connectivity index (χ0) is 6.83. The Labute approximate surface area is 74.7 Å². The molecule has 0 aliphatic rings. The van der Waals surface area contributed by atoms with Crippen molar-refractivity contribution in [3.8, 4) is 0 Å². The second-order valence-electron chi connectivity index (χ2n) is 1.71. The van der Waals surface area contributed by atoms with Crippen LogP contribution in [-0.4, -0.2) is 0 Å². The maximum Gasteiger partial charge on any atom is 2.00 e. The molecule has 0 bridgehead atoms. The molecule has 0 unspecified atom stereocenters. The molecule has 0 fully saturated rings. The van der Waals surface area contributed by atoms with Crippen molar-refractivity contribution in [1.29, 1.82) is 0 Å². The van der Waals surface area contributed by atoms with Gasteiger partial charge in [-0.25, -0.2) is 0 Å². The molecule has 9 heavy (non-hydrogen) atoms. The first kappa shape index (κ1) is 16.3. The Hall–Kier alpha value is 0.688. The van der Waals surface area contributed by atoms with Crippen molar-refractivity contribution >= 4 is 0 Å². The molecule has 0 spiro atoms. The summed E-state index contributed by atoms with van der Waals surface area (Å²) >= 11 is 0. The normalized spacial score (nSPS) is 6.67. The molecule has 0 aliphatic heterocycles. The molecule has 60 valence electrons. The molecule has 0 aromatic carbocycles. The Morgan fingerprint density at radius 3 is 1.00 bits per heavy atom. The van der Waals surface area contributed by atoms with Gasteiger partial charge in [0, 0.05) is 0 Å². The number of rotatable bonds is 2. The minimum absolute atomic E-state index is 0. The van der Waals surface area contributed by atoms with E-state index in [0.29, 0.717) is 0 Å². The first-order chi connectivity index (χ1) is 3.83. The molecule has 1 heteroatoms. The maximum atomic E-state index is 3.60. The third-order valence-electron chi connectivity index (χ3n) is 0.707. The number of unbranched alkanes of at least 4 members (excludes halogenated alkanes) is 2. The molecule has 0 aliphatic carbocycles. The minimum Gasteiger partial charge on any atom is -0.343 e. The minimum atomic E-state index is 0. The van der Waals surface area contributed by atoms with Gasteiger partial charge in [-0.05, 0) is 0 Å². The molecular weight excluding hydrogens is 291 g/mol. The topological polar surface area (TPSA) is 0 Å². The van der Waals surface area contributed by atoms with Gasteiger partial charge in [0.25, 0.3) is 0 Å². The molecule has 0 saturated carbocycles. The molecule has 0 saturated heterocycles. The zero-order valence-corrected chi connectivity index (χ0v) is 8.83. The van der Waals surface area contributed by atoms with Crippen molar-refractivity contribution < 1.29 is 21.1 Å². The van der Waals surface area contributed by atoms with E-state index in [-0.39, 0.29) is 21.1 Å². The molecular formula is C8H18Pt. The van der Waals surface area contributed by atoms with Gasteiger partial charge >= 0.3 is 21.1 Å². The zero-order valence-electron chi connectivity index (χ0n) is 6.56. The van der Waals surface area contributed by atoms with Crippen LogP contribution in [0.15, 0.2) is 0 Å². The predicted octanol–water partition coefficient (Wildman–Crippen LogP) is 3.24. The van der Waals surface area contributed by atoms with Crippen LogP contribution in [0.5, 0.6) is 0 Å². The Bertz CT molecular complexity index is 12.5. The summed E-state index contributed by atoms with van der Waals surface area (Å²) < 4.78 is 0. The molecule has 0 atom stereocenters. The van der Waals surface area contributed by atoms with Gasteiger partial charge in [0.1, 0.15) is 0 Å². The van der Waals surface area contributed by atoms with Crippen molar-refractivity contribution in [2.75, 3.05) is 0 Å². The van der Waals surface area contributed by atoms with E-state index in [9.17, 15) is 0 Å². The first-order valence-electron chi connectivity index (χ1n) is 3.41. The van der Waals surface area contributed by atoms with E-state index in [1.54, 1.807) is 0 Å². The van der Waals surface area contributed by atoms with Crippen LogP contribution in [-0.2, 0) is 21.1 Å². The van der Waals surface area contributed by atoms with Crippen LogP contribution < -0.4 is 0 Å². The van der Waals surface area contributed by atoms with Crippen molar-refractivity contribution in [2.24, 2.45) is 0 Å². The largest absolute Gasteiger partial charge is 2.00 e. The standard InChI is InChI=1S/2C4H9.Pt/c2*1-3-4-2;/h2*1,3-4H2,2H3;/q2*-1;+2. The quantitative estimate of drug-likeness (QED) is 0.687. The predicted molar refractivity (Wildman–Crippen MR) is 40.5 cm³/mol. The summed E-state index contributed by atoms with van der Waals surface area (Å²) in [6, 6.07) is 0. The van der Waals surface area contributed by atoms with Crippen LogP contribution in [0, 0.1) is 13.8 Å². The summed E-state index contributed by atoms with van der Waals surface area (Å²) in [4.78, 5) is 0. The SMILES string of the molecule is [CH2-]CCC.[CH2-]CCC.[Pt+2]. The third kappa shape index (κ3) is 53.8. The van der Waals surface area contributed by atoms with Gasteiger partial charge in [-0.3, -0.25) is 0 Å². The summed E-state index contributed by atoms with van der Waals surface area (Å²) in [5, 5.41) is 0. The molecule has 0 amide bonds. The second kappa shape index (κ2) is 23.4. The van der Waals surface area contributed by atoms with E-state index < -0.39 is 0 Å². The van der Waals surface area contributed by atoms with E-state index in [1.807, 2.05) is 0 Å². The van der Waals surface area contributed by atoms with Gasteiger partial charge in [-0.1, -0.05) is 26.7 Å². The van der Waals surface area contributed by atoms with Gasteiger partial charge in [-0.15, -0.1) is 0 Å². The van der Waals surface area contributed by atoms with Crippen LogP contribution in [0.2, 0.25) is 0 Å². The Morgan fingerprint density at radius 2 is 1.00 bits per heavy atom. The maximum absolute atomic E-state index is 3.60. The average molecular weight is 309 g/mol. The van der Waals surface area contributed by atoms with Gasteiger partial charge in [0.05, 0.1) is 0 Å². The fraction of sp³-hybridized carbons (Fsp3) is 0.750. The fourth-order valence-corrected chi connectivity index (χ4v) is 0. The first-order valence-corrected chi connectivity index (χ1v) is 3.41. The summed E-state index contributed by atoms with van der Waals surface area (Å²) in [6.45, 7) is 11.4. The van der Waals surface area contributed by atoms with E-state index in [0.717, 1.165) is 12.8 Å². The fourth-order valence-electron chi connectivity index (χ4n) is 0. The Balaban J connectivity index is -0.0000000720. The summed E-state index contributed by atoms with van der Waals surface area (Å²) in [5.41, 5.74) is 0. The average Bonchev–Trinajstić information content (AvgIpc) is 1.88. The number of hydrogen-bond donors (Lipinski definition) is 0. The van der Waals surface area contributed by atoms with Gasteiger partial charge < -0.3 is 13.8 Å². The molecule has 0 nitrogen and oxygen atoms in total. The van der Waals surface area contributed by atoms with E-state index in [4.69, 9.17) is 0 Å². The molecule has 0 heterocycles. The van der Waals surface area contributed by atoms with Crippen LogP contribution in [0.4, 0.5) is 0 Å². The smallest absolute Gasteiger partial charge is 0.343 e. The van der Waals surface area contributed by atoms with Gasteiger partial charge in [0.15, 0.2) is 0 Å². The number of hydrogen-bond acceptors (Lipinski definition) is 0. The summed E-state index contributed by atoms with van der Waals surface area (Å²) in [7, 11) is 0. The van der Waals surface area contributed by atoms with Crippen molar-refractivity contribution in [1.82, 2.24) is 0 Å². The van der Waals surface area contributed by atoms with Crippen LogP contribution in [0.3, 0.4) is 0 Å². The summed E-state index contributed by atoms with van der Waals surface area (Å²) in [5.74, 6) is 0. The molecule has 0 rings (SSSR count). The third-order valence-corrected chi connectivity index (χ3v) is 0.707. The second-order valence-corrected chi connectivity index (χ2v) is 1.71.